The van der Waals surface area contributed by atoms with Crippen LogP contribution < -0.4 is 0 Å². The Kier molecular flexibility index (Phi) is 2.08. The lowest BCUT2D eigenvalue weighted by Crippen LogP contribution is -2.18. The van der Waals surface area contributed by atoms with Crippen LogP contribution in [0.3, 0.4) is 0 Å². The first kappa shape index (κ1) is 11.3. The second kappa shape index (κ2) is 2.94. The zero-order chi connectivity index (χ0) is 12.2. The second-order valence-electron chi connectivity index (χ2n) is 4.71. The van der Waals surface area contributed by atoms with Gasteiger partial charge in [0.1, 0.15) is 17.6 Å². The monoisotopic (exact) mass is 232 g/mol. The summed E-state index contributed by atoms with van der Waals surface area (Å²) in [6.45, 7) is 3.56. The van der Waals surface area contributed by atoms with Crippen LogP contribution in [0.5, 0.6) is 0 Å². The van der Waals surface area contributed by atoms with E-state index in [0.717, 1.165) is 12.4 Å². The van der Waals surface area contributed by atoms with Crippen molar-refractivity contribution in [3.63, 3.8) is 0 Å². The molecule has 0 aliphatic heterocycles. The fourth-order valence-corrected chi connectivity index (χ4v) is 1.77. The fourth-order valence-electron chi connectivity index (χ4n) is 1.77. The molecule has 1 heterocycles. The van der Waals surface area contributed by atoms with Crippen molar-refractivity contribution in [2.45, 2.75) is 32.0 Å². The number of aliphatic hydroxyl groups is 1. The molecule has 1 fully saturated rings. The number of alkyl halides is 3. The van der Waals surface area contributed by atoms with Crippen LogP contribution in [0.2, 0.25) is 0 Å². The Morgan fingerprint density at radius 3 is 2.31 bits per heavy atom. The van der Waals surface area contributed by atoms with Gasteiger partial charge in [-0.3, -0.25) is 0 Å². The largest absolute Gasteiger partial charge is 0.433 e. The van der Waals surface area contributed by atoms with Crippen molar-refractivity contribution >= 4 is 0 Å². The number of hydrogen-bond acceptors (Lipinski definition) is 3. The highest BCUT2D eigenvalue weighted by molar-refractivity contribution is 5.28. The van der Waals surface area contributed by atoms with E-state index in [9.17, 15) is 18.3 Å². The van der Waals surface area contributed by atoms with Gasteiger partial charge in [0.15, 0.2) is 0 Å². The van der Waals surface area contributed by atoms with E-state index in [0.29, 0.717) is 6.42 Å². The minimum absolute atomic E-state index is 0.0415. The normalized spacial score (nSPS) is 27.9. The minimum atomic E-state index is -4.51. The lowest BCUT2D eigenvalue weighted by Gasteiger charge is -2.14. The average Bonchev–Trinajstić information content (AvgIpc) is 2.66. The van der Waals surface area contributed by atoms with E-state index in [2.05, 4.69) is 9.97 Å². The highest BCUT2D eigenvalue weighted by Gasteiger charge is 2.62. The van der Waals surface area contributed by atoms with Gasteiger partial charge in [-0.1, -0.05) is 13.8 Å². The molecule has 1 N–H and O–H groups in total. The van der Waals surface area contributed by atoms with Crippen LogP contribution in [0.15, 0.2) is 12.4 Å². The lowest BCUT2D eigenvalue weighted by molar-refractivity contribution is -0.141. The molecule has 3 nitrogen and oxygen atoms in total. The molecule has 0 aromatic carbocycles. The zero-order valence-corrected chi connectivity index (χ0v) is 8.84. The van der Waals surface area contributed by atoms with Crippen LogP contribution in [0.25, 0.3) is 0 Å². The number of hydrogen-bond donors (Lipinski definition) is 1. The Balaban J connectivity index is 2.39. The van der Waals surface area contributed by atoms with Gasteiger partial charge in [-0.05, 0) is 12.5 Å². The first-order valence-corrected chi connectivity index (χ1v) is 4.79. The van der Waals surface area contributed by atoms with Gasteiger partial charge in [0.05, 0.1) is 5.69 Å². The summed E-state index contributed by atoms with van der Waals surface area (Å²) in [5.74, 6) is 0. The summed E-state index contributed by atoms with van der Waals surface area (Å²) in [6.07, 6.45) is -3.26. The SMILES string of the molecule is CC1(C)CC1(O)c1cc(C(F)(F)F)ncn1. The maximum absolute atomic E-state index is 12.4. The summed E-state index contributed by atoms with van der Waals surface area (Å²) >= 11 is 0. The minimum Gasteiger partial charge on any atom is -0.383 e. The second-order valence-corrected chi connectivity index (χ2v) is 4.71. The smallest absolute Gasteiger partial charge is 0.383 e. The van der Waals surface area contributed by atoms with Gasteiger partial charge < -0.3 is 5.11 Å². The Morgan fingerprint density at radius 1 is 1.31 bits per heavy atom. The highest BCUT2D eigenvalue weighted by atomic mass is 19.4. The van der Waals surface area contributed by atoms with Crippen LogP contribution in [0, 0.1) is 5.41 Å². The molecular formula is C10H11F3N2O. The topological polar surface area (TPSA) is 46.0 Å². The summed E-state index contributed by atoms with van der Waals surface area (Å²) in [6, 6.07) is 0.814. The van der Waals surface area contributed by atoms with Gasteiger partial charge in [-0.25, -0.2) is 9.97 Å². The van der Waals surface area contributed by atoms with Gasteiger partial charge in [-0.15, -0.1) is 0 Å². The van der Waals surface area contributed by atoms with Gasteiger partial charge in [0.25, 0.3) is 0 Å². The standard InChI is InChI=1S/C10H11F3N2O/c1-8(2)4-9(8,16)6-3-7(10(11,12)13)15-5-14-6/h3,5,16H,4H2,1-2H3. The third-order valence-electron chi connectivity index (χ3n) is 3.07. The molecule has 0 saturated heterocycles. The number of aromatic nitrogens is 2. The molecule has 6 heteroatoms. The Labute approximate surface area is 90.3 Å². The van der Waals surface area contributed by atoms with Crippen LogP contribution in [-0.2, 0) is 11.8 Å². The van der Waals surface area contributed by atoms with Crippen molar-refractivity contribution in [3.8, 4) is 0 Å². The summed E-state index contributed by atoms with van der Waals surface area (Å²) in [5.41, 5.74) is -2.66. The number of rotatable bonds is 1. The summed E-state index contributed by atoms with van der Waals surface area (Å²) in [4.78, 5) is 6.87. The molecule has 0 radical (unpaired) electrons. The molecule has 1 aromatic heterocycles. The molecule has 1 aromatic rings. The van der Waals surface area contributed by atoms with E-state index >= 15 is 0 Å². The van der Waals surface area contributed by atoms with E-state index in [1.54, 1.807) is 13.8 Å². The molecule has 2 rings (SSSR count). The molecule has 0 bridgehead atoms. The molecule has 88 valence electrons. The molecule has 1 atom stereocenters. The summed E-state index contributed by atoms with van der Waals surface area (Å²) < 4.78 is 37.2. The maximum atomic E-state index is 12.4. The third kappa shape index (κ3) is 1.57. The van der Waals surface area contributed by atoms with Gasteiger partial charge in [-0.2, -0.15) is 13.2 Å². The lowest BCUT2D eigenvalue weighted by atomic mass is 10.0. The Bertz CT molecular complexity index is 430. The van der Waals surface area contributed by atoms with Crippen molar-refractivity contribution in [2.24, 2.45) is 5.41 Å². The molecule has 0 amide bonds. The first-order valence-electron chi connectivity index (χ1n) is 4.79. The highest BCUT2D eigenvalue weighted by Crippen LogP contribution is 2.61. The molecule has 1 saturated carbocycles. The van der Waals surface area contributed by atoms with E-state index < -0.39 is 22.9 Å². The zero-order valence-electron chi connectivity index (χ0n) is 8.84. The Hall–Kier alpha value is -1.17. The summed E-state index contributed by atoms with van der Waals surface area (Å²) in [7, 11) is 0. The van der Waals surface area contributed by atoms with E-state index in [1.807, 2.05) is 0 Å². The number of halogens is 3. The van der Waals surface area contributed by atoms with Crippen molar-refractivity contribution in [1.29, 1.82) is 0 Å². The predicted molar refractivity (Wildman–Crippen MR) is 49.3 cm³/mol. The Morgan fingerprint density at radius 2 is 1.88 bits per heavy atom. The van der Waals surface area contributed by atoms with Crippen LogP contribution in [-0.4, -0.2) is 15.1 Å². The van der Waals surface area contributed by atoms with Crippen LogP contribution in [0.1, 0.15) is 31.7 Å². The quantitative estimate of drug-likeness (QED) is 0.806. The van der Waals surface area contributed by atoms with E-state index in [-0.39, 0.29) is 5.69 Å². The molecular weight excluding hydrogens is 221 g/mol. The van der Waals surface area contributed by atoms with Crippen LogP contribution in [0.4, 0.5) is 13.2 Å². The van der Waals surface area contributed by atoms with E-state index in [4.69, 9.17) is 0 Å². The number of nitrogens with zero attached hydrogens (tertiary/aromatic N) is 2. The molecule has 1 aliphatic rings. The van der Waals surface area contributed by atoms with Gasteiger partial charge >= 0.3 is 6.18 Å². The molecule has 1 aliphatic carbocycles. The first-order chi connectivity index (χ1) is 7.17. The van der Waals surface area contributed by atoms with Crippen LogP contribution >= 0.6 is 0 Å². The van der Waals surface area contributed by atoms with Crippen molar-refractivity contribution in [3.05, 3.63) is 23.8 Å². The van der Waals surface area contributed by atoms with Crippen molar-refractivity contribution in [2.75, 3.05) is 0 Å². The van der Waals surface area contributed by atoms with Crippen molar-refractivity contribution < 1.29 is 18.3 Å². The molecule has 0 spiro atoms. The fraction of sp³-hybridized carbons (Fsp3) is 0.600. The average molecular weight is 232 g/mol. The maximum Gasteiger partial charge on any atom is 0.433 e. The van der Waals surface area contributed by atoms with Gasteiger partial charge in [0, 0.05) is 5.41 Å². The predicted octanol–water partition coefficient (Wildman–Crippen LogP) is 2.11. The third-order valence-corrected chi connectivity index (χ3v) is 3.07. The van der Waals surface area contributed by atoms with E-state index in [1.165, 1.54) is 0 Å². The summed E-state index contributed by atoms with van der Waals surface area (Å²) in [5, 5.41) is 10.1. The molecule has 1 unspecified atom stereocenters. The molecule has 16 heavy (non-hydrogen) atoms. The van der Waals surface area contributed by atoms with Gasteiger partial charge in [0.2, 0.25) is 0 Å². The van der Waals surface area contributed by atoms with Crippen molar-refractivity contribution in [1.82, 2.24) is 9.97 Å².